The number of aromatic nitrogens is 2. The number of nitrogens with two attached hydrogens (primary N) is 1. The minimum Gasteiger partial charge on any atom is -0.393 e. The Labute approximate surface area is 131 Å². The van der Waals surface area contributed by atoms with E-state index in [1.54, 1.807) is 6.33 Å². The Morgan fingerprint density at radius 3 is 2.32 bits per heavy atom. The average Bonchev–Trinajstić information content (AvgIpc) is 2.95. The lowest BCUT2D eigenvalue weighted by atomic mass is 10.1. The molecule has 0 spiro atoms. The second-order valence-corrected chi connectivity index (χ2v) is 6.11. The summed E-state index contributed by atoms with van der Waals surface area (Å²) in [6.07, 6.45) is 6.47. The highest BCUT2D eigenvalue weighted by Crippen LogP contribution is 2.29. The predicted molar refractivity (Wildman–Crippen MR) is 91.5 cm³/mol. The molecule has 116 valence electrons. The van der Waals surface area contributed by atoms with Gasteiger partial charge in [-0.05, 0) is 49.9 Å². The molecule has 1 fully saturated rings. The number of hydrogen-bond donors (Lipinski definition) is 3. The summed E-state index contributed by atoms with van der Waals surface area (Å²) in [6.45, 7) is 4.16. The highest BCUT2D eigenvalue weighted by Gasteiger charge is 2.17. The van der Waals surface area contributed by atoms with Crippen molar-refractivity contribution in [2.45, 2.75) is 45.6 Å². The zero-order chi connectivity index (χ0) is 15.5. The quantitative estimate of drug-likeness (QED) is 0.801. The maximum Gasteiger partial charge on any atom is 0.159 e. The summed E-state index contributed by atoms with van der Waals surface area (Å²) in [5, 5.41) is 6.74. The van der Waals surface area contributed by atoms with Crippen LogP contribution < -0.4 is 16.4 Å². The van der Waals surface area contributed by atoms with Gasteiger partial charge >= 0.3 is 0 Å². The molecule has 0 unspecified atom stereocenters. The second-order valence-electron chi connectivity index (χ2n) is 6.11. The summed E-state index contributed by atoms with van der Waals surface area (Å²) in [6, 6.07) is 6.78. The van der Waals surface area contributed by atoms with Crippen LogP contribution in [-0.4, -0.2) is 16.0 Å². The molecule has 1 aromatic heterocycles. The van der Waals surface area contributed by atoms with Crippen LogP contribution in [-0.2, 0) is 0 Å². The van der Waals surface area contributed by atoms with Gasteiger partial charge in [0.05, 0.1) is 0 Å². The van der Waals surface area contributed by atoms with E-state index in [9.17, 15) is 0 Å². The number of nitrogen functional groups attached to an aromatic ring is 1. The molecule has 0 aliphatic heterocycles. The normalized spacial score (nSPS) is 15.0. The van der Waals surface area contributed by atoms with E-state index in [-0.39, 0.29) is 0 Å². The van der Waals surface area contributed by atoms with Gasteiger partial charge in [-0.2, -0.15) is 0 Å². The number of benzene rings is 1. The van der Waals surface area contributed by atoms with E-state index in [1.807, 2.05) is 0 Å². The Morgan fingerprint density at radius 2 is 1.64 bits per heavy atom. The van der Waals surface area contributed by atoms with Gasteiger partial charge in [-0.25, -0.2) is 9.97 Å². The van der Waals surface area contributed by atoms with Crippen LogP contribution in [0.25, 0.3) is 0 Å². The lowest BCUT2D eigenvalue weighted by Crippen LogP contribution is -2.17. The van der Waals surface area contributed by atoms with Gasteiger partial charge in [0.15, 0.2) is 11.6 Å². The number of rotatable bonds is 4. The maximum absolute atomic E-state index is 6.24. The minimum atomic E-state index is 0.478. The summed E-state index contributed by atoms with van der Waals surface area (Å²) >= 11 is 0. The van der Waals surface area contributed by atoms with Gasteiger partial charge in [0.25, 0.3) is 0 Å². The summed E-state index contributed by atoms with van der Waals surface area (Å²) in [5.74, 6) is 1.38. The van der Waals surface area contributed by atoms with Crippen molar-refractivity contribution in [1.82, 2.24) is 9.97 Å². The molecule has 0 amide bonds. The van der Waals surface area contributed by atoms with Crippen molar-refractivity contribution < 1.29 is 0 Å². The Balaban J connectivity index is 1.81. The van der Waals surface area contributed by atoms with E-state index in [0.717, 1.165) is 11.5 Å². The zero-order valence-corrected chi connectivity index (χ0v) is 13.2. The summed E-state index contributed by atoms with van der Waals surface area (Å²) in [7, 11) is 0. The predicted octanol–water partition coefficient (Wildman–Crippen LogP) is 3.77. The molecular weight excluding hydrogens is 274 g/mol. The van der Waals surface area contributed by atoms with Crippen LogP contribution in [0.2, 0.25) is 0 Å². The molecule has 4 N–H and O–H groups in total. The molecule has 0 atom stereocenters. The molecule has 5 heteroatoms. The van der Waals surface area contributed by atoms with Crippen LogP contribution in [0.3, 0.4) is 0 Å². The summed E-state index contributed by atoms with van der Waals surface area (Å²) in [5.41, 5.74) is 10.2. The van der Waals surface area contributed by atoms with Crippen molar-refractivity contribution in [3.8, 4) is 0 Å². The Bertz CT molecular complexity index is 642. The van der Waals surface area contributed by atoms with Crippen molar-refractivity contribution in [3.63, 3.8) is 0 Å². The molecular formula is C17H23N5. The highest BCUT2D eigenvalue weighted by atomic mass is 15.1. The SMILES string of the molecule is Cc1cc(C)cc(Nc2ncnc(NC3CCCC3)c2N)c1. The van der Waals surface area contributed by atoms with E-state index in [2.05, 4.69) is 52.6 Å². The first-order valence-electron chi connectivity index (χ1n) is 7.84. The van der Waals surface area contributed by atoms with E-state index < -0.39 is 0 Å². The van der Waals surface area contributed by atoms with Crippen molar-refractivity contribution in [2.24, 2.45) is 0 Å². The zero-order valence-electron chi connectivity index (χ0n) is 13.2. The standard InChI is InChI=1S/C17H23N5/c1-11-7-12(2)9-14(8-11)22-17-15(18)16(19-10-20-17)21-13-5-3-4-6-13/h7-10,13H,3-6,18H2,1-2H3,(H2,19,20,21,22). The molecule has 1 aliphatic carbocycles. The molecule has 5 nitrogen and oxygen atoms in total. The van der Waals surface area contributed by atoms with Crippen molar-refractivity contribution in [2.75, 3.05) is 16.4 Å². The fourth-order valence-corrected chi connectivity index (χ4v) is 3.06. The van der Waals surface area contributed by atoms with Gasteiger partial charge in [0, 0.05) is 11.7 Å². The van der Waals surface area contributed by atoms with Crippen molar-refractivity contribution in [1.29, 1.82) is 0 Å². The molecule has 0 saturated heterocycles. The van der Waals surface area contributed by atoms with Crippen LogP contribution in [0.4, 0.5) is 23.0 Å². The fraction of sp³-hybridized carbons (Fsp3) is 0.412. The Kier molecular flexibility index (Phi) is 4.13. The highest BCUT2D eigenvalue weighted by molar-refractivity contribution is 5.78. The number of aryl methyl sites for hydroxylation is 2. The molecule has 0 bridgehead atoms. The molecule has 1 saturated carbocycles. The van der Waals surface area contributed by atoms with Crippen molar-refractivity contribution in [3.05, 3.63) is 35.7 Å². The summed E-state index contributed by atoms with van der Waals surface area (Å²) < 4.78 is 0. The van der Waals surface area contributed by atoms with Crippen molar-refractivity contribution >= 4 is 23.0 Å². The Hall–Kier alpha value is -2.30. The number of hydrogen-bond acceptors (Lipinski definition) is 5. The molecule has 22 heavy (non-hydrogen) atoms. The maximum atomic E-state index is 6.24. The van der Waals surface area contributed by atoms with Crippen LogP contribution in [0.15, 0.2) is 24.5 Å². The monoisotopic (exact) mass is 297 g/mol. The van der Waals surface area contributed by atoms with Gasteiger partial charge in [-0.1, -0.05) is 18.9 Å². The number of nitrogens with one attached hydrogen (secondary N) is 2. The molecule has 3 rings (SSSR count). The van der Waals surface area contributed by atoms with Gasteiger partial charge in [0.1, 0.15) is 12.0 Å². The van der Waals surface area contributed by atoms with Crippen LogP contribution in [0.5, 0.6) is 0 Å². The van der Waals surface area contributed by atoms with Gasteiger partial charge in [-0.15, -0.1) is 0 Å². The molecule has 1 heterocycles. The van der Waals surface area contributed by atoms with Gasteiger partial charge in [0.2, 0.25) is 0 Å². The average molecular weight is 297 g/mol. The smallest absolute Gasteiger partial charge is 0.159 e. The molecule has 2 aromatic rings. The first-order chi connectivity index (χ1) is 10.6. The van der Waals surface area contributed by atoms with E-state index in [4.69, 9.17) is 5.73 Å². The Morgan fingerprint density at radius 1 is 1.00 bits per heavy atom. The molecule has 1 aliphatic rings. The molecule has 1 aromatic carbocycles. The fourth-order valence-electron chi connectivity index (χ4n) is 3.06. The van der Waals surface area contributed by atoms with E-state index in [1.165, 1.54) is 36.8 Å². The number of anilines is 4. The lowest BCUT2D eigenvalue weighted by molar-refractivity contribution is 0.750. The van der Waals surface area contributed by atoms with E-state index >= 15 is 0 Å². The van der Waals surface area contributed by atoms with Gasteiger partial charge < -0.3 is 16.4 Å². The largest absolute Gasteiger partial charge is 0.393 e. The minimum absolute atomic E-state index is 0.478. The third-order valence-corrected chi connectivity index (χ3v) is 4.06. The van der Waals surface area contributed by atoms with Gasteiger partial charge in [-0.3, -0.25) is 0 Å². The summed E-state index contributed by atoms with van der Waals surface area (Å²) in [4.78, 5) is 8.57. The molecule has 0 radical (unpaired) electrons. The van der Waals surface area contributed by atoms with Crippen LogP contribution in [0.1, 0.15) is 36.8 Å². The topological polar surface area (TPSA) is 75.9 Å². The van der Waals surface area contributed by atoms with Crippen LogP contribution >= 0.6 is 0 Å². The number of nitrogens with zero attached hydrogens (tertiary/aromatic N) is 2. The first-order valence-corrected chi connectivity index (χ1v) is 7.84. The third-order valence-electron chi connectivity index (χ3n) is 4.06. The van der Waals surface area contributed by atoms with E-state index in [0.29, 0.717) is 17.5 Å². The lowest BCUT2D eigenvalue weighted by Gasteiger charge is -2.16. The second kappa shape index (κ2) is 6.22. The van der Waals surface area contributed by atoms with Crippen LogP contribution in [0, 0.1) is 13.8 Å². The third kappa shape index (κ3) is 3.30. The first kappa shape index (κ1) is 14.6.